The van der Waals surface area contributed by atoms with Crippen LogP contribution in [0.2, 0.25) is 0 Å². The normalized spacial score (nSPS) is 22.1. The predicted molar refractivity (Wildman–Crippen MR) is 109 cm³/mol. The van der Waals surface area contributed by atoms with E-state index in [-0.39, 0.29) is 29.4 Å². The Balaban J connectivity index is 1.62. The Morgan fingerprint density at radius 2 is 2.07 bits per heavy atom. The van der Waals surface area contributed by atoms with Gasteiger partial charge in [-0.2, -0.15) is 0 Å². The standard InChI is InChI=1S/C21H25NO6S/c1-12-15-8-13-4-6-21(2,3)28-17(13)10-18(15)27-20(24)16(12)9-19(23)22-14-5-7-29(25,26)11-14/h8,10,14H,4-7,9,11H2,1-3H3,(H,22,23). The van der Waals surface area contributed by atoms with E-state index in [2.05, 4.69) is 5.32 Å². The molecule has 1 fully saturated rings. The second-order valence-electron chi connectivity index (χ2n) is 8.66. The quantitative estimate of drug-likeness (QED) is 0.764. The first-order valence-electron chi connectivity index (χ1n) is 9.81. The summed E-state index contributed by atoms with van der Waals surface area (Å²) < 4.78 is 34.7. The molecule has 0 radical (unpaired) electrons. The molecular formula is C21H25NO6S. The maximum atomic E-state index is 12.5. The molecule has 1 N–H and O–H groups in total. The van der Waals surface area contributed by atoms with Crippen molar-refractivity contribution >= 4 is 26.7 Å². The molecule has 1 atom stereocenters. The zero-order valence-corrected chi connectivity index (χ0v) is 17.6. The zero-order valence-electron chi connectivity index (χ0n) is 16.8. The van der Waals surface area contributed by atoms with E-state index in [0.29, 0.717) is 23.1 Å². The van der Waals surface area contributed by atoms with Gasteiger partial charge in [-0.05, 0) is 57.2 Å². The van der Waals surface area contributed by atoms with Crippen LogP contribution in [0.1, 0.15) is 43.4 Å². The minimum atomic E-state index is -3.08. The van der Waals surface area contributed by atoms with Crippen molar-refractivity contribution in [1.82, 2.24) is 5.32 Å². The van der Waals surface area contributed by atoms with E-state index in [1.54, 1.807) is 6.07 Å². The van der Waals surface area contributed by atoms with Crippen LogP contribution in [-0.4, -0.2) is 37.5 Å². The van der Waals surface area contributed by atoms with Crippen LogP contribution >= 0.6 is 0 Å². The van der Waals surface area contributed by atoms with Crippen LogP contribution in [-0.2, 0) is 27.5 Å². The number of aryl methyl sites for hydroxylation is 2. The molecule has 2 aliphatic rings. The van der Waals surface area contributed by atoms with Gasteiger partial charge in [-0.1, -0.05) is 0 Å². The minimum Gasteiger partial charge on any atom is -0.487 e. The van der Waals surface area contributed by atoms with Crippen LogP contribution in [0.15, 0.2) is 21.3 Å². The zero-order chi connectivity index (χ0) is 21.0. The molecule has 4 rings (SSSR count). The van der Waals surface area contributed by atoms with E-state index < -0.39 is 21.5 Å². The number of hydrogen-bond donors (Lipinski definition) is 1. The lowest BCUT2D eigenvalue weighted by atomic mass is 9.92. The average molecular weight is 419 g/mol. The van der Waals surface area contributed by atoms with Crippen molar-refractivity contribution < 1.29 is 22.4 Å². The Labute approximate surface area is 169 Å². The molecule has 1 aromatic carbocycles. The van der Waals surface area contributed by atoms with E-state index in [4.69, 9.17) is 9.15 Å². The molecule has 0 bridgehead atoms. The fourth-order valence-electron chi connectivity index (χ4n) is 4.09. The summed E-state index contributed by atoms with van der Waals surface area (Å²) in [6.45, 7) is 5.86. The molecule has 1 aromatic heterocycles. The predicted octanol–water partition coefficient (Wildman–Crippen LogP) is 2.05. The molecule has 2 aliphatic heterocycles. The van der Waals surface area contributed by atoms with Crippen LogP contribution in [0, 0.1) is 6.92 Å². The Bertz CT molecular complexity index is 1160. The van der Waals surface area contributed by atoms with E-state index in [1.165, 1.54) is 0 Å². The topological polar surface area (TPSA) is 103 Å². The molecule has 1 amide bonds. The van der Waals surface area contributed by atoms with Crippen LogP contribution in [0.5, 0.6) is 5.75 Å². The van der Waals surface area contributed by atoms with Gasteiger partial charge in [0.1, 0.15) is 16.9 Å². The monoisotopic (exact) mass is 419 g/mol. The number of sulfone groups is 1. The number of carbonyl (C=O) groups is 1. The van der Waals surface area contributed by atoms with Crippen molar-refractivity contribution in [3.8, 4) is 5.75 Å². The van der Waals surface area contributed by atoms with Gasteiger partial charge in [-0.3, -0.25) is 4.79 Å². The average Bonchev–Trinajstić information content (AvgIpc) is 2.95. The van der Waals surface area contributed by atoms with Crippen molar-refractivity contribution in [3.05, 3.63) is 39.2 Å². The highest BCUT2D eigenvalue weighted by Crippen LogP contribution is 2.36. The number of fused-ring (bicyclic) bond motifs is 2. The highest BCUT2D eigenvalue weighted by Gasteiger charge is 2.30. The van der Waals surface area contributed by atoms with Crippen LogP contribution < -0.4 is 15.7 Å². The van der Waals surface area contributed by atoms with Crippen LogP contribution in [0.3, 0.4) is 0 Å². The van der Waals surface area contributed by atoms with E-state index in [9.17, 15) is 18.0 Å². The van der Waals surface area contributed by atoms with Gasteiger partial charge >= 0.3 is 5.63 Å². The highest BCUT2D eigenvalue weighted by molar-refractivity contribution is 7.91. The number of hydrogen-bond acceptors (Lipinski definition) is 6. The van der Waals surface area contributed by atoms with Crippen molar-refractivity contribution in [2.24, 2.45) is 0 Å². The molecule has 0 spiro atoms. The molecule has 8 heteroatoms. The second-order valence-corrected chi connectivity index (χ2v) is 10.9. The first-order chi connectivity index (χ1) is 13.5. The summed E-state index contributed by atoms with van der Waals surface area (Å²) in [7, 11) is -3.08. The van der Waals surface area contributed by atoms with Gasteiger partial charge in [0.05, 0.1) is 23.5 Å². The molecule has 29 heavy (non-hydrogen) atoms. The van der Waals surface area contributed by atoms with E-state index in [0.717, 1.165) is 29.5 Å². The summed E-state index contributed by atoms with van der Waals surface area (Å²) in [4.78, 5) is 25.0. The molecule has 0 aliphatic carbocycles. The van der Waals surface area contributed by atoms with Crippen molar-refractivity contribution in [2.45, 2.75) is 58.1 Å². The van der Waals surface area contributed by atoms with E-state index in [1.807, 2.05) is 26.8 Å². The highest BCUT2D eigenvalue weighted by atomic mass is 32.2. The summed E-state index contributed by atoms with van der Waals surface area (Å²) in [6.07, 6.45) is 2.02. The smallest absolute Gasteiger partial charge is 0.340 e. The lowest BCUT2D eigenvalue weighted by Crippen LogP contribution is -2.37. The number of amides is 1. The largest absolute Gasteiger partial charge is 0.487 e. The van der Waals surface area contributed by atoms with Gasteiger partial charge in [-0.15, -0.1) is 0 Å². The maximum absolute atomic E-state index is 12.5. The first kappa shape index (κ1) is 19.9. The maximum Gasteiger partial charge on any atom is 0.340 e. The Morgan fingerprint density at radius 1 is 1.31 bits per heavy atom. The van der Waals surface area contributed by atoms with Gasteiger partial charge in [0, 0.05) is 17.5 Å². The van der Waals surface area contributed by atoms with Gasteiger partial charge in [0.25, 0.3) is 0 Å². The fourth-order valence-corrected chi connectivity index (χ4v) is 5.76. The van der Waals surface area contributed by atoms with Gasteiger partial charge < -0.3 is 14.5 Å². The lowest BCUT2D eigenvalue weighted by Gasteiger charge is -2.32. The number of nitrogens with one attached hydrogen (secondary N) is 1. The Hall–Kier alpha value is -2.35. The van der Waals surface area contributed by atoms with Crippen molar-refractivity contribution in [2.75, 3.05) is 11.5 Å². The van der Waals surface area contributed by atoms with Crippen LogP contribution in [0.25, 0.3) is 11.0 Å². The summed E-state index contributed by atoms with van der Waals surface area (Å²) in [5.41, 5.74) is 1.68. The molecule has 2 aromatic rings. The van der Waals surface area contributed by atoms with Crippen molar-refractivity contribution in [3.63, 3.8) is 0 Å². The minimum absolute atomic E-state index is 0.0491. The SMILES string of the molecule is Cc1c(CC(=O)NC2CCS(=O)(=O)C2)c(=O)oc2cc3c(cc12)CCC(C)(C)O3. The number of rotatable bonds is 3. The third kappa shape index (κ3) is 4.03. The molecule has 3 heterocycles. The first-order valence-corrected chi connectivity index (χ1v) is 11.6. The summed E-state index contributed by atoms with van der Waals surface area (Å²) in [5.74, 6) is 0.389. The van der Waals surface area contributed by atoms with Crippen LogP contribution in [0.4, 0.5) is 0 Å². The summed E-state index contributed by atoms with van der Waals surface area (Å²) in [5, 5.41) is 3.52. The fraction of sp³-hybridized carbons (Fsp3) is 0.524. The lowest BCUT2D eigenvalue weighted by molar-refractivity contribution is -0.121. The van der Waals surface area contributed by atoms with Gasteiger partial charge in [-0.25, -0.2) is 13.2 Å². The third-order valence-electron chi connectivity index (χ3n) is 5.79. The molecular weight excluding hydrogens is 394 g/mol. The molecule has 7 nitrogen and oxygen atoms in total. The third-order valence-corrected chi connectivity index (χ3v) is 7.55. The second kappa shape index (κ2) is 6.86. The molecule has 1 unspecified atom stereocenters. The van der Waals surface area contributed by atoms with Gasteiger partial charge in [0.15, 0.2) is 9.84 Å². The Kier molecular flexibility index (Phi) is 4.72. The van der Waals surface area contributed by atoms with Crippen molar-refractivity contribution in [1.29, 1.82) is 0 Å². The number of ether oxygens (including phenoxy) is 1. The molecule has 156 valence electrons. The van der Waals surface area contributed by atoms with E-state index >= 15 is 0 Å². The summed E-state index contributed by atoms with van der Waals surface area (Å²) >= 11 is 0. The summed E-state index contributed by atoms with van der Waals surface area (Å²) in [6, 6.07) is 3.34. The number of carbonyl (C=O) groups excluding carboxylic acids is 1. The number of benzene rings is 1. The molecule has 1 saturated heterocycles. The molecule has 0 saturated carbocycles. The Morgan fingerprint density at radius 3 is 2.76 bits per heavy atom. The van der Waals surface area contributed by atoms with Gasteiger partial charge in [0.2, 0.25) is 5.91 Å².